The molecule has 0 aliphatic carbocycles. The third kappa shape index (κ3) is 2.29. The van der Waals surface area contributed by atoms with Crippen molar-refractivity contribution >= 4 is 9.84 Å². The molecule has 0 heterocycles. The standard InChI is InChI=1S/C9H12NO2S/c1-2-13(11,12)9-5-3-8(7-10)4-6-9/h3-6H,1-2,7,10H2. The summed E-state index contributed by atoms with van der Waals surface area (Å²) in [6.07, 6.45) is 0. The molecule has 0 fully saturated rings. The fourth-order valence-corrected chi connectivity index (χ4v) is 1.74. The Labute approximate surface area is 78.5 Å². The Kier molecular flexibility index (Phi) is 3.06. The van der Waals surface area contributed by atoms with Gasteiger partial charge in [0.2, 0.25) is 0 Å². The van der Waals surface area contributed by atoms with Crippen molar-refractivity contribution in [3.63, 3.8) is 0 Å². The van der Waals surface area contributed by atoms with Crippen molar-refractivity contribution in [2.75, 3.05) is 5.75 Å². The monoisotopic (exact) mass is 198 g/mol. The number of sulfone groups is 1. The Hall–Kier alpha value is -0.870. The van der Waals surface area contributed by atoms with Crippen molar-refractivity contribution in [2.45, 2.75) is 11.4 Å². The first-order valence-electron chi connectivity index (χ1n) is 3.91. The lowest BCUT2D eigenvalue weighted by Gasteiger charge is -2.01. The van der Waals surface area contributed by atoms with Crippen LogP contribution in [-0.4, -0.2) is 14.2 Å². The van der Waals surface area contributed by atoms with Gasteiger partial charge in [-0.2, -0.15) is 0 Å². The maximum Gasteiger partial charge on any atom is 0.178 e. The summed E-state index contributed by atoms with van der Waals surface area (Å²) in [6, 6.07) is 6.54. The summed E-state index contributed by atoms with van der Waals surface area (Å²) in [5, 5.41) is 0. The van der Waals surface area contributed by atoms with Crippen LogP contribution >= 0.6 is 0 Å². The van der Waals surface area contributed by atoms with Crippen LogP contribution in [0.5, 0.6) is 0 Å². The summed E-state index contributed by atoms with van der Waals surface area (Å²) in [6.45, 7) is 3.79. The predicted octanol–water partition coefficient (Wildman–Crippen LogP) is 0.753. The molecule has 0 unspecified atom stereocenters. The average molecular weight is 198 g/mol. The molecule has 0 aliphatic heterocycles. The SMILES string of the molecule is [CH2]CS(=O)(=O)c1ccc(CN)cc1. The quantitative estimate of drug-likeness (QED) is 0.779. The average Bonchev–Trinajstić information content (AvgIpc) is 2.18. The summed E-state index contributed by atoms with van der Waals surface area (Å²) < 4.78 is 22.6. The Morgan fingerprint density at radius 1 is 1.23 bits per heavy atom. The van der Waals surface area contributed by atoms with E-state index in [1.54, 1.807) is 24.3 Å². The lowest BCUT2D eigenvalue weighted by molar-refractivity contribution is 0.599. The van der Waals surface area contributed by atoms with E-state index in [1.165, 1.54) is 0 Å². The Morgan fingerprint density at radius 2 is 1.77 bits per heavy atom. The highest BCUT2D eigenvalue weighted by Gasteiger charge is 2.09. The zero-order valence-corrected chi connectivity index (χ0v) is 8.05. The van der Waals surface area contributed by atoms with Gasteiger partial charge >= 0.3 is 0 Å². The molecule has 0 bridgehead atoms. The highest BCUT2D eigenvalue weighted by Crippen LogP contribution is 2.11. The van der Waals surface area contributed by atoms with Crippen LogP contribution in [0, 0.1) is 6.92 Å². The third-order valence-electron chi connectivity index (χ3n) is 1.79. The van der Waals surface area contributed by atoms with Crippen LogP contribution in [0.3, 0.4) is 0 Å². The van der Waals surface area contributed by atoms with Gasteiger partial charge in [-0.1, -0.05) is 12.1 Å². The lowest BCUT2D eigenvalue weighted by Crippen LogP contribution is -2.04. The highest BCUT2D eigenvalue weighted by atomic mass is 32.2. The molecular weight excluding hydrogens is 186 g/mol. The van der Waals surface area contributed by atoms with Crippen molar-refractivity contribution in [2.24, 2.45) is 5.73 Å². The van der Waals surface area contributed by atoms with Gasteiger partial charge in [-0.15, -0.1) is 0 Å². The van der Waals surface area contributed by atoms with Crippen LogP contribution in [0.1, 0.15) is 5.56 Å². The zero-order chi connectivity index (χ0) is 9.90. The normalized spacial score (nSPS) is 11.5. The van der Waals surface area contributed by atoms with E-state index in [9.17, 15) is 8.42 Å². The summed E-state index contributed by atoms with van der Waals surface area (Å²) >= 11 is 0. The van der Waals surface area contributed by atoms with Crippen LogP contribution in [0.2, 0.25) is 0 Å². The van der Waals surface area contributed by atoms with E-state index >= 15 is 0 Å². The molecule has 13 heavy (non-hydrogen) atoms. The van der Waals surface area contributed by atoms with Gasteiger partial charge < -0.3 is 5.73 Å². The minimum Gasteiger partial charge on any atom is -0.326 e. The van der Waals surface area contributed by atoms with Gasteiger partial charge in [-0.25, -0.2) is 8.42 Å². The zero-order valence-electron chi connectivity index (χ0n) is 7.23. The Balaban J connectivity index is 3.06. The van der Waals surface area contributed by atoms with Crippen molar-refractivity contribution in [3.05, 3.63) is 36.8 Å². The number of hydrogen-bond donors (Lipinski definition) is 1. The fourth-order valence-electron chi connectivity index (χ4n) is 0.951. The van der Waals surface area contributed by atoms with Crippen molar-refractivity contribution in [3.8, 4) is 0 Å². The molecule has 0 aromatic heterocycles. The van der Waals surface area contributed by atoms with E-state index in [0.29, 0.717) is 11.4 Å². The molecule has 1 aromatic carbocycles. The van der Waals surface area contributed by atoms with Crippen LogP contribution in [-0.2, 0) is 16.4 Å². The van der Waals surface area contributed by atoms with Gasteiger partial charge in [0.15, 0.2) is 9.84 Å². The first-order chi connectivity index (χ1) is 6.10. The number of rotatable bonds is 3. The summed E-state index contributed by atoms with van der Waals surface area (Å²) in [4.78, 5) is 0.305. The van der Waals surface area contributed by atoms with E-state index in [-0.39, 0.29) is 5.75 Å². The Morgan fingerprint density at radius 3 is 2.15 bits per heavy atom. The molecule has 0 amide bonds. The Bertz CT molecular complexity index is 367. The van der Waals surface area contributed by atoms with Crippen LogP contribution < -0.4 is 5.73 Å². The van der Waals surface area contributed by atoms with E-state index in [0.717, 1.165) is 5.56 Å². The van der Waals surface area contributed by atoms with Gasteiger partial charge in [-0.05, 0) is 24.6 Å². The smallest absolute Gasteiger partial charge is 0.178 e. The van der Waals surface area contributed by atoms with Crippen molar-refractivity contribution < 1.29 is 8.42 Å². The van der Waals surface area contributed by atoms with E-state index in [2.05, 4.69) is 6.92 Å². The first-order valence-corrected chi connectivity index (χ1v) is 5.56. The second-order valence-electron chi connectivity index (χ2n) is 2.67. The van der Waals surface area contributed by atoms with Gasteiger partial charge in [0.05, 0.1) is 10.6 Å². The van der Waals surface area contributed by atoms with Gasteiger partial charge in [0.1, 0.15) is 0 Å². The van der Waals surface area contributed by atoms with Crippen LogP contribution in [0.25, 0.3) is 0 Å². The first kappa shape index (κ1) is 10.2. The van der Waals surface area contributed by atoms with E-state index in [4.69, 9.17) is 5.73 Å². The molecule has 0 aliphatic rings. The maximum atomic E-state index is 11.3. The molecule has 2 N–H and O–H groups in total. The van der Waals surface area contributed by atoms with Crippen LogP contribution in [0.4, 0.5) is 0 Å². The molecule has 0 saturated heterocycles. The molecule has 4 heteroatoms. The third-order valence-corrected chi connectivity index (χ3v) is 3.31. The van der Waals surface area contributed by atoms with Gasteiger partial charge in [0, 0.05) is 6.54 Å². The number of hydrogen-bond acceptors (Lipinski definition) is 3. The molecule has 0 saturated carbocycles. The molecule has 0 atom stereocenters. The van der Waals surface area contributed by atoms with Crippen molar-refractivity contribution in [1.29, 1.82) is 0 Å². The lowest BCUT2D eigenvalue weighted by atomic mass is 10.2. The van der Waals surface area contributed by atoms with Gasteiger partial charge in [0.25, 0.3) is 0 Å². The number of benzene rings is 1. The topological polar surface area (TPSA) is 60.2 Å². The minimum absolute atomic E-state index is 0.116. The summed E-state index contributed by atoms with van der Waals surface area (Å²) in [7, 11) is -3.18. The molecule has 1 radical (unpaired) electrons. The van der Waals surface area contributed by atoms with E-state index < -0.39 is 9.84 Å². The summed E-state index contributed by atoms with van der Waals surface area (Å²) in [5.41, 5.74) is 6.30. The maximum absolute atomic E-state index is 11.3. The highest BCUT2D eigenvalue weighted by molar-refractivity contribution is 7.91. The van der Waals surface area contributed by atoms with Crippen LogP contribution in [0.15, 0.2) is 29.2 Å². The second kappa shape index (κ2) is 3.89. The van der Waals surface area contributed by atoms with E-state index in [1.807, 2.05) is 0 Å². The molecular formula is C9H12NO2S. The minimum atomic E-state index is -3.18. The molecule has 3 nitrogen and oxygen atoms in total. The summed E-state index contributed by atoms with van der Waals surface area (Å²) in [5.74, 6) is -0.116. The van der Waals surface area contributed by atoms with Crippen molar-refractivity contribution in [1.82, 2.24) is 0 Å². The largest absolute Gasteiger partial charge is 0.326 e. The molecule has 0 spiro atoms. The molecule has 1 aromatic rings. The molecule has 1 rings (SSSR count). The predicted molar refractivity (Wildman–Crippen MR) is 51.7 cm³/mol. The second-order valence-corrected chi connectivity index (χ2v) is 4.78. The number of nitrogens with two attached hydrogens (primary N) is 1. The van der Waals surface area contributed by atoms with Gasteiger partial charge in [-0.3, -0.25) is 0 Å². The fraction of sp³-hybridized carbons (Fsp3) is 0.222. The molecule has 71 valence electrons.